The molecule has 0 aliphatic carbocycles. The molecule has 1 aliphatic rings. The smallest absolute Gasteiger partial charge is 0.254 e. The summed E-state index contributed by atoms with van der Waals surface area (Å²) >= 11 is 0. The molecule has 0 spiro atoms. The summed E-state index contributed by atoms with van der Waals surface area (Å²) in [6.45, 7) is 4.56. The Kier molecular flexibility index (Phi) is 6.54. The van der Waals surface area contributed by atoms with E-state index in [0.717, 1.165) is 44.2 Å². The number of hydrogen-bond donors (Lipinski definition) is 0. The first-order valence-corrected chi connectivity index (χ1v) is 9.12. The zero-order chi connectivity index (χ0) is 19.1. The van der Waals surface area contributed by atoms with Gasteiger partial charge in [0.2, 0.25) is 0 Å². The van der Waals surface area contributed by atoms with Crippen LogP contribution in [0.2, 0.25) is 0 Å². The highest BCUT2D eigenvalue weighted by Crippen LogP contribution is 2.19. The Bertz CT molecular complexity index is 757. The van der Waals surface area contributed by atoms with Crippen molar-refractivity contribution in [3.05, 3.63) is 54.1 Å². The van der Waals surface area contributed by atoms with Gasteiger partial charge in [0.25, 0.3) is 5.91 Å². The lowest BCUT2D eigenvalue weighted by molar-refractivity contribution is 0.0620. The summed E-state index contributed by atoms with van der Waals surface area (Å²) in [5, 5.41) is 0. The second kappa shape index (κ2) is 9.28. The third-order valence-electron chi connectivity index (χ3n) is 4.69. The highest BCUT2D eigenvalue weighted by atomic mass is 16.5. The van der Waals surface area contributed by atoms with Crippen molar-refractivity contribution in [3.8, 4) is 17.2 Å². The lowest BCUT2D eigenvalue weighted by Gasteiger charge is -2.34. The molecule has 6 heteroatoms. The Labute approximate surface area is 160 Å². The minimum Gasteiger partial charge on any atom is -0.497 e. The van der Waals surface area contributed by atoms with Gasteiger partial charge in [-0.15, -0.1) is 0 Å². The lowest BCUT2D eigenvalue weighted by atomic mass is 10.1. The summed E-state index contributed by atoms with van der Waals surface area (Å²) in [5.41, 5.74) is 0.671. The van der Waals surface area contributed by atoms with Gasteiger partial charge in [0.05, 0.1) is 14.2 Å². The molecule has 0 unspecified atom stereocenters. The fourth-order valence-electron chi connectivity index (χ4n) is 3.10. The third kappa shape index (κ3) is 5.14. The molecule has 0 bridgehead atoms. The number of hydrogen-bond acceptors (Lipinski definition) is 5. The van der Waals surface area contributed by atoms with Gasteiger partial charge in [0.15, 0.2) is 0 Å². The first-order valence-electron chi connectivity index (χ1n) is 9.12. The molecule has 1 heterocycles. The van der Waals surface area contributed by atoms with E-state index in [4.69, 9.17) is 14.2 Å². The third-order valence-corrected chi connectivity index (χ3v) is 4.69. The molecular formula is C21H26N2O4. The van der Waals surface area contributed by atoms with Crippen LogP contribution in [-0.2, 0) is 0 Å². The minimum absolute atomic E-state index is 0.0566. The number of rotatable bonds is 7. The van der Waals surface area contributed by atoms with Gasteiger partial charge in [-0.05, 0) is 30.3 Å². The van der Waals surface area contributed by atoms with E-state index in [-0.39, 0.29) is 5.91 Å². The van der Waals surface area contributed by atoms with Gasteiger partial charge >= 0.3 is 0 Å². The highest BCUT2D eigenvalue weighted by molar-refractivity contribution is 5.94. The van der Waals surface area contributed by atoms with Crippen molar-refractivity contribution in [3.63, 3.8) is 0 Å². The van der Waals surface area contributed by atoms with E-state index in [0.29, 0.717) is 17.9 Å². The lowest BCUT2D eigenvalue weighted by Crippen LogP contribution is -2.49. The molecule has 0 aromatic heterocycles. The molecule has 0 saturated carbocycles. The molecule has 6 nitrogen and oxygen atoms in total. The number of benzene rings is 2. The van der Waals surface area contributed by atoms with Crippen molar-refractivity contribution in [1.82, 2.24) is 9.80 Å². The van der Waals surface area contributed by atoms with Crippen LogP contribution >= 0.6 is 0 Å². The molecule has 2 aromatic rings. The van der Waals surface area contributed by atoms with Gasteiger partial charge in [0, 0.05) is 44.4 Å². The molecule has 1 saturated heterocycles. The largest absolute Gasteiger partial charge is 0.497 e. The van der Waals surface area contributed by atoms with Crippen LogP contribution in [0, 0.1) is 0 Å². The molecule has 2 aromatic carbocycles. The number of piperazine rings is 1. The standard InChI is InChI=1S/C21H26N2O4/c1-25-18-6-3-5-17(15-18)21(24)23-11-9-22(10-12-23)13-14-27-20-8-4-7-19(16-20)26-2/h3-8,15-16H,9-14H2,1-2H3. The molecule has 0 atom stereocenters. The Morgan fingerprint density at radius 2 is 1.52 bits per heavy atom. The van der Waals surface area contributed by atoms with Crippen LogP contribution in [-0.4, -0.2) is 69.3 Å². The zero-order valence-electron chi connectivity index (χ0n) is 15.9. The van der Waals surface area contributed by atoms with E-state index in [2.05, 4.69) is 4.90 Å². The Morgan fingerprint density at radius 3 is 2.22 bits per heavy atom. The van der Waals surface area contributed by atoms with Crippen LogP contribution in [0.15, 0.2) is 48.5 Å². The summed E-state index contributed by atoms with van der Waals surface area (Å²) in [6, 6.07) is 14.9. The average Bonchev–Trinajstić information content (AvgIpc) is 2.74. The minimum atomic E-state index is 0.0566. The summed E-state index contributed by atoms with van der Waals surface area (Å²) in [4.78, 5) is 16.9. The summed E-state index contributed by atoms with van der Waals surface area (Å²) in [5.74, 6) is 2.36. The topological polar surface area (TPSA) is 51.2 Å². The Morgan fingerprint density at radius 1 is 0.889 bits per heavy atom. The maximum absolute atomic E-state index is 12.6. The maximum Gasteiger partial charge on any atom is 0.254 e. The van der Waals surface area contributed by atoms with E-state index in [1.54, 1.807) is 20.3 Å². The molecule has 1 fully saturated rings. The van der Waals surface area contributed by atoms with Crippen LogP contribution < -0.4 is 14.2 Å². The first-order chi connectivity index (χ1) is 13.2. The fourth-order valence-corrected chi connectivity index (χ4v) is 3.10. The summed E-state index contributed by atoms with van der Waals surface area (Å²) in [6.07, 6.45) is 0. The second-order valence-corrected chi connectivity index (χ2v) is 6.39. The van der Waals surface area contributed by atoms with Gasteiger partial charge in [-0.25, -0.2) is 0 Å². The van der Waals surface area contributed by atoms with Gasteiger partial charge in [-0.3, -0.25) is 9.69 Å². The predicted molar refractivity (Wildman–Crippen MR) is 104 cm³/mol. The van der Waals surface area contributed by atoms with Crippen molar-refractivity contribution in [2.24, 2.45) is 0 Å². The predicted octanol–water partition coefficient (Wildman–Crippen LogP) is 2.54. The maximum atomic E-state index is 12.6. The first kappa shape index (κ1) is 19.0. The summed E-state index contributed by atoms with van der Waals surface area (Å²) in [7, 11) is 3.25. The number of methoxy groups -OCH3 is 2. The molecule has 0 radical (unpaired) electrons. The Hall–Kier alpha value is -2.73. The van der Waals surface area contributed by atoms with Crippen molar-refractivity contribution >= 4 is 5.91 Å². The van der Waals surface area contributed by atoms with Gasteiger partial charge in [-0.1, -0.05) is 12.1 Å². The Balaban J connectivity index is 1.43. The molecule has 0 N–H and O–H groups in total. The number of amides is 1. The average molecular weight is 370 g/mol. The van der Waals surface area contributed by atoms with Gasteiger partial charge in [-0.2, -0.15) is 0 Å². The van der Waals surface area contributed by atoms with Crippen molar-refractivity contribution in [2.75, 3.05) is 53.6 Å². The number of carbonyl (C=O) groups excluding carboxylic acids is 1. The number of nitrogens with zero attached hydrogens (tertiary/aromatic N) is 2. The number of carbonyl (C=O) groups is 1. The molecule has 1 amide bonds. The normalized spacial score (nSPS) is 14.7. The molecule has 3 rings (SSSR count). The monoisotopic (exact) mass is 370 g/mol. The van der Waals surface area contributed by atoms with Crippen LogP contribution in [0.3, 0.4) is 0 Å². The van der Waals surface area contributed by atoms with E-state index in [9.17, 15) is 4.79 Å². The SMILES string of the molecule is COc1cccc(OCCN2CCN(C(=O)c3cccc(OC)c3)CC2)c1. The van der Waals surface area contributed by atoms with Crippen molar-refractivity contribution < 1.29 is 19.0 Å². The van der Waals surface area contributed by atoms with Gasteiger partial charge < -0.3 is 19.1 Å². The molecule has 27 heavy (non-hydrogen) atoms. The van der Waals surface area contributed by atoms with E-state index < -0.39 is 0 Å². The van der Waals surface area contributed by atoms with Gasteiger partial charge in [0.1, 0.15) is 23.9 Å². The fraction of sp³-hybridized carbons (Fsp3) is 0.381. The van der Waals surface area contributed by atoms with Crippen LogP contribution in [0.25, 0.3) is 0 Å². The van der Waals surface area contributed by atoms with Crippen LogP contribution in [0.5, 0.6) is 17.2 Å². The molecular weight excluding hydrogens is 344 g/mol. The van der Waals surface area contributed by atoms with E-state index in [1.165, 1.54) is 0 Å². The highest BCUT2D eigenvalue weighted by Gasteiger charge is 2.22. The zero-order valence-corrected chi connectivity index (χ0v) is 15.9. The van der Waals surface area contributed by atoms with E-state index in [1.807, 2.05) is 47.4 Å². The molecule has 1 aliphatic heterocycles. The molecule has 144 valence electrons. The van der Waals surface area contributed by atoms with E-state index >= 15 is 0 Å². The van der Waals surface area contributed by atoms with Crippen molar-refractivity contribution in [1.29, 1.82) is 0 Å². The van der Waals surface area contributed by atoms with Crippen LogP contribution in [0.1, 0.15) is 10.4 Å². The van der Waals surface area contributed by atoms with Crippen LogP contribution in [0.4, 0.5) is 0 Å². The number of ether oxygens (including phenoxy) is 3. The van der Waals surface area contributed by atoms with Crippen molar-refractivity contribution in [2.45, 2.75) is 0 Å². The quantitative estimate of drug-likeness (QED) is 0.750. The second-order valence-electron chi connectivity index (χ2n) is 6.39. The summed E-state index contributed by atoms with van der Waals surface area (Å²) < 4.78 is 16.2.